The van der Waals surface area contributed by atoms with E-state index < -0.39 is 0 Å². The van der Waals surface area contributed by atoms with Crippen LogP contribution in [0.4, 0.5) is 0 Å². The van der Waals surface area contributed by atoms with Gasteiger partial charge in [0.1, 0.15) is 0 Å². The maximum absolute atomic E-state index is 11.1. The Morgan fingerprint density at radius 2 is 2.60 bits per heavy atom. The maximum atomic E-state index is 11.1. The minimum absolute atomic E-state index is 0.120. The first-order valence-corrected chi connectivity index (χ1v) is 4.48. The molecule has 2 rings (SSSR count). The summed E-state index contributed by atoms with van der Waals surface area (Å²) in [6.45, 7) is 0. The third kappa shape index (κ3) is 0.896. The molecule has 0 amide bonds. The van der Waals surface area contributed by atoms with Gasteiger partial charge in [-0.2, -0.15) is 0 Å². The van der Waals surface area contributed by atoms with E-state index in [2.05, 4.69) is 5.32 Å². The zero-order valence-corrected chi connectivity index (χ0v) is 6.36. The standard InChI is InChI=1S/C7H9NOS/c9-5-2-1-3-6-7(5)8-4-10-6/h1-2,6-8H,3-4H2. The van der Waals surface area contributed by atoms with E-state index in [1.807, 2.05) is 17.8 Å². The second-order valence-electron chi connectivity index (χ2n) is 2.57. The molecule has 3 heteroatoms. The van der Waals surface area contributed by atoms with Crippen LogP contribution in [-0.4, -0.2) is 23.0 Å². The summed E-state index contributed by atoms with van der Waals surface area (Å²) >= 11 is 1.85. The summed E-state index contributed by atoms with van der Waals surface area (Å²) < 4.78 is 0. The SMILES string of the molecule is O=C1C=CCC2SCNC12. The van der Waals surface area contributed by atoms with E-state index in [0.717, 1.165) is 12.3 Å². The molecule has 0 aromatic carbocycles. The molecule has 2 nitrogen and oxygen atoms in total. The van der Waals surface area contributed by atoms with Crippen LogP contribution in [0.25, 0.3) is 0 Å². The van der Waals surface area contributed by atoms with Gasteiger partial charge >= 0.3 is 0 Å². The first-order chi connectivity index (χ1) is 4.88. The lowest BCUT2D eigenvalue weighted by molar-refractivity contribution is -0.116. The van der Waals surface area contributed by atoms with Gasteiger partial charge in [0, 0.05) is 11.1 Å². The van der Waals surface area contributed by atoms with Crippen molar-refractivity contribution in [3.05, 3.63) is 12.2 Å². The average Bonchev–Trinajstić information content (AvgIpc) is 2.36. The summed E-state index contributed by atoms with van der Waals surface area (Å²) in [6, 6.07) is 0.120. The molecule has 10 heavy (non-hydrogen) atoms. The Hall–Kier alpha value is -0.280. The van der Waals surface area contributed by atoms with E-state index in [-0.39, 0.29) is 11.8 Å². The van der Waals surface area contributed by atoms with Gasteiger partial charge in [-0.1, -0.05) is 6.08 Å². The molecule has 54 valence electrons. The summed E-state index contributed by atoms with van der Waals surface area (Å²) in [5, 5.41) is 3.68. The highest BCUT2D eigenvalue weighted by Gasteiger charge is 2.32. The second-order valence-corrected chi connectivity index (χ2v) is 3.80. The number of hydrogen-bond acceptors (Lipinski definition) is 3. The number of ketones is 1. The van der Waals surface area contributed by atoms with Crippen LogP contribution >= 0.6 is 11.8 Å². The van der Waals surface area contributed by atoms with Gasteiger partial charge in [-0.05, 0) is 12.5 Å². The van der Waals surface area contributed by atoms with E-state index in [0.29, 0.717) is 5.25 Å². The zero-order valence-electron chi connectivity index (χ0n) is 5.54. The molecular weight excluding hydrogens is 146 g/mol. The molecule has 0 bridgehead atoms. The van der Waals surface area contributed by atoms with Crippen molar-refractivity contribution in [3.63, 3.8) is 0 Å². The minimum atomic E-state index is 0.120. The summed E-state index contributed by atoms with van der Waals surface area (Å²) in [7, 11) is 0. The van der Waals surface area contributed by atoms with Crippen LogP contribution in [0.5, 0.6) is 0 Å². The van der Waals surface area contributed by atoms with Crippen LogP contribution in [0.15, 0.2) is 12.2 Å². The van der Waals surface area contributed by atoms with Crippen molar-refractivity contribution in [2.75, 3.05) is 5.88 Å². The van der Waals surface area contributed by atoms with Crippen molar-refractivity contribution in [2.24, 2.45) is 0 Å². The Morgan fingerprint density at radius 1 is 1.70 bits per heavy atom. The van der Waals surface area contributed by atoms with Crippen LogP contribution in [-0.2, 0) is 4.79 Å². The van der Waals surface area contributed by atoms with Crippen LogP contribution < -0.4 is 5.32 Å². The smallest absolute Gasteiger partial charge is 0.173 e. The fourth-order valence-corrected chi connectivity index (χ4v) is 2.54. The number of hydrogen-bond donors (Lipinski definition) is 1. The lowest BCUT2D eigenvalue weighted by atomic mass is 10.0. The van der Waals surface area contributed by atoms with Gasteiger partial charge in [0.15, 0.2) is 5.78 Å². The molecule has 0 aromatic heterocycles. The number of carbonyl (C=O) groups is 1. The fraction of sp³-hybridized carbons (Fsp3) is 0.571. The van der Waals surface area contributed by atoms with Crippen LogP contribution in [0.3, 0.4) is 0 Å². The summed E-state index contributed by atoms with van der Waals surface area (Å²) in [5.41, 5.74) is 0. The Morgan fingerprint density at radius 3 is 3.40 bits per heavy atom. The summed E-state index contributed by atoms with van der Waals surface area (Å²) in [4.78, 5) is 11.1. The third-order valence-corrected chi connectivity index (χ3v) is 3.16. The van der Waals surface area contributed by atoms with Gasteiger partial charge in [-0.3, -0.25) is 10.1 Å². The van der Waals surface area contributed by atoms with Crippen LogP contribution in [0.1, 0.15) is 6.42 Å². The monoisotopic (exact) mass is 155 g/mol. The molecule has 1 saturated heterocycles. The highest BCUT2D eigenvalue weighted by Crippen LogP contribution is 2.27. The molecule has 1 aliphatic heterocycles. The zero-order chi connectivity index (χ0) is 6.97. The fourth-order valence-electron chi connectivity index (χ4n) is 1.38. The predicted octanol–water partition coefficient (Wildman–Crippen LogP) is 0.546. The maximum Gasteiger partial charge on any atom is 0.173 e. The van der Waals surface area contributed by atoms with Crippen molar-refractivity contribution in [1.82, 2.24) is 5.32 Å². The van der Waals surface area contributed by atoms with E-state index in [1.165, 1.54) is 0 Å². The minimum Gasteiger partial charge on any atom is -0.297 e. The van der Waals surface area contributed by atoms with Gasteiger partial charge < -0.3 is 0 Å². The lowest BCUT2D eigenvalue weighted by Gasteiger charge is -2.17. The Bertz CT molecular complexity index is 190. The van der Waals surface area contributed by atoms with E-state index in [9.17, 15) is 4.79 Å². The second kappa shape index (κ2) is 2.40. The third-order valence-electron chi connectivity index (χ3n) is 1.93. The highest BCUT2D eigenvalue weighted by molar-refractivity contribution is 8.00. The molecule has 0 radical (unpaired) electrons. The molecular formula is C7H9NOS. The molecule has 1 N–H and O–H groups in total. The van der Waals surface area contributed by atoms with Gasteiger partial charge in [-0.25, -0.2) is 0 Å². The van der Waals surface area contributed by atoms with Gasteiger partial charge in [0.25, 0.3) is 0 Å². The van der Waals surface area contributed by atoms with E-state index in [1.54, 1.807) is 6.08 Å². The molecule has 1 heterocycles. The quantitative estimate of drug-likeness (QED) is 0.554. The van der Waals surface area contributed by atoms with E-state index >= 15 is 0 Å². The van der Waals surface area contributed by atoms with Crippen molar-refractivity contribution >= 4 is 17.5 Å². The van der Waals surface area contributed by atoms with Gasteiger partial charge in [0.05, 0.1) is 6.04 Å². The predicted molar refractivity (Wildman–Crippen MR) is 41.9 cm³/mol. The molecule has 2 aliphatic rings. The van der Waals surface area contributed by atoms with Crippen molar-refractivity contribution in [3.8, 4) is 0 Å². The summed E-state index contributed by atoms with van der Waals surface area (Å²) in [5.74, 6) is 1.18. The molecule has 2 unspecified atom stereocenters. The largest absolute Gasteiger partial charge is 0.297 e. The first kappa shape index (κ1) is 6.43. The number of nitrogens with one attached hydrogen (secondary N) is 1. The topological polar surface area (TPSA) is 29.1 Å². The summed E-state index contributed by atoms with van der Waals surface area (Å²) in [6.07, 6.45) is 4.72. The molecule has 0 saturated carbocycles. The molecule has 0 aromatic rings. The number of thioether (sulfide) groups is 1. The van der Waals surface area contributed by atoms with Gasteiger partial charge in [0.2, 0.25) is 0 Å². The van der Waals surface area contributed by atoms with Gasteiger partial charge in [-0.15, -0.1) is 11.8 Å². The normalized spacial score (nSPS) is 38.2. The Balaban J connectivity index is 2.20. The average molecular weight is 155 g/mol. The Labute approximate surface area is 64.1 Å². The number of carbonyl (C=O) groups excluding carboxylic acids is 1. The highest BCUT2D eigenvalue weighted by atomic mass is 32.2. The van der Waals surface area contributed by atoms with E-state index in [4.69, 9.17) is 0 Å². The Kier molecular flexibility index (Phi) is 1.54. The molecule has 0 spiro atoms. The van der Waals surface area contributed by atoms with Crippen molar-refractivity contribution in [1.29, 1.82) is 0 Å². The van der Waals surface area contributed by atoms with Crippen molar-refractivity contribution < 1.29 is 4.79 Å². The number of fused-ring (bicyclic) bond motifs is 1. The molecule has 1 fully saturated rings. The van der Waals surface area contributed by atoms with Crippen LogP contribution in [0, 0.1) is 0 Å². The number of allylic oxidation sites excluding steroid dienone is 1. The van der Waals surface area contributed by atoms with Crippen LogP contribution in [0.2, 0.25) is 0 Å². The van der Waals surface area contributed by atoms with Crippen molar-refractivity contribution in [2.45, 2.75) is 17.7 Å². The lowest BCUT2D eigenvalue weighted by Crippen LogP contribution is -2.38. The molecule has 1 aliphatic carbocycles. The first-order valence-electron chi connectivity index (χ1n) is 3.43. The molecule has 2 atom stereocenters. The number of rotatable bonds is 0.